The predicted octanol–water partition coefficient (Wildman–Crippen LogP) is 2.99. The van der Waals surface area contributed by atoms with Gasteiger partial charge in [-0.3, -0.25) is 0 Å². The highest BCUT2D eigenvalue weighted by atomic mass is 19.3. The maximum absolute atomic E-state index is 14.1. The van der Waals surface area contributed by atoms with E-state index in [9.17, 15) is 13.6 Å². The van der Waals surface area contributed by atoms with Crippen LogP contribution in [0.1, 0.15) is 37.4 Å². The fraction of sp³-hybridized carbons (Fsp3) is 0.500. The summed E-state index contributed by atoms with van der Waals surface area (Å²) in [6.45, 7) is 3.41. The molecule has 1 aromatic carbocycles. The van der Waals surface area contributed by atoms with Crippen LogP contribution in [0.25, 0.3) is 0 Å². The lowest BCUT2D eigenvalue weighted by Crippen LogP contribution is -2.37. The van der Waals surface area contributed by atoms with Gasteiger partial charge in [-0.25, -0.2) is 4.79 Å². The molecular weight excluding hydrogens is 270 g/mol. The monoisotopic (exact) mass is 286 g/mol. The molecule has 0 N–H and O–H groups in total. The second-order valence-electron chi connectivity index (χ2n) is 4.28. The van der Waals surface area contributed by atoms with Crippen LogP contribution in [0, 0.1) is 0 Å². The van der Waals surface area contributed by atoms with Gasteiger partial charge in [0.2, 0.25) is 0 Å². The SMILES string of the molecule is CCOC(=O)C(F)(F)[C@H]1OC(OCC)c2ccccc21. The fourth-order valence-electron chi connectivity index (χ4n) is 2.13. The summed E-state index contributed by atoms with van der Waals surface area (Å²) in [4.78, 5) is 11.4. The Labute approximate surface area is 115 Å². The quantitative estimate of drug-likeness (QED) is 0.781. The molecule has 0 amide bonds. The van der Waals surface area contributed by atoms with Crippen LogP contribution in [0.15, 0.2) is 24.3 Å². The molecule has 0 spiro atoms. The van der Waals surface area contributed by atoms with Gasteiger partial charge in [-0.2, -0.15) is 8.78 Å². The van der Waals surface area contributed by atoms with Crippen molar-refractivity contribution in [3.05, 3.63) is 35.4 Å². The Hall–Kier alpha value is -1.53. The lowest BCUT2D eigenvalue weighted by molar-refractivity contribution is -0.228. The van der Waals surface area contributed by atoms with Crippen molar-refractivity contribution in [1.82, 2.24) is 0 Å². The first-order chi connectivity index (χ1) is 9.52. The van der Waals surface area contributed by atoms with E-state index in [4.69, 9.17) is 9.47 Å². The summed E-state index contributed by atoms with van der Waals surface area (Å²) in [7, 11) is 0. The predicted molar refractivity (Wildman–Crippen MR) is 66.2 cm³/mol. The summed E-state index contributed by atoms with van der Waals surface area (Å²) >= 11 is 0. The number of carbonyl (C=O) groups excluding carboxylic acids is 1. The zero-order valence-corrected chi connectivity index (χ0v) is 11.3. The average molecular weight is 286 g/mol. The van der Waals surface area contributed by atoms with Gasteiger partial charge in [0.05, 0.1) is 6.61 Å². The molecule has 1 aliphatic heterocycles. The van der Waals surface area contributed by atoms with E-state index in [1.807, 2.05) is 0 Å². The summed E-state index contributed by atoms with van der Waals surface area (Å²) in [5, 5.41) is 0. The lowest BCUT2D eigenvalue weighted by atomic mass is 10.0. The van der Waals surface area contributed by atoms with Gasteiger partial charge < -0.3 is 14.2 Å². The van der Waals surface area contributed by atoms with Crippen LogP contribution in [0.3, 0.4) is 0 Å². The number of hydrogen-bond acceptors (Lipinski definition) is 4. The third-order valence-electron chi connectivity index (χ3n) is 2.99. The zero-order chi connectivity index (χ0) is 14.8. The molecule has 2 rings (SSSR count). The summed E-state index contributed by atoms with van der Waals surface area (Å²) < 4.78 is 43.2. The number of esters is 1. The van der Waals surface area contributed by atoms with Gasteiger partial charge in [0.15, 0.2) is 12.4 Å². The number of hydrogen-bond donors (Lipinski definition) is 0. The molecule has 0 saturated heterocycles. The molecule has 1 heterocycles. The maximum atomic E-state index is 14.1. The van der Waals surface area contributed by atoms with E-state index in [1.54, 1.807) is 25.1 Å². The Morgan fingerprint density at radius 1 is 1.25 bits per heavy atom. The summed E-state index contributed by atoms with van der Waals surface area (Å²) in [6, 6.07) is 6.48. The summed E-state index contributed by atoms with van der Waals surface area (Å²) in [5.41, 5.74) is 0.771. The number of alkyl halides is 2. The molecular formula is C14H16F2O4. The standard InChI is InChI=1S/C14H16F2O4/c1-3-18-12-10-8-6-5-7-9(10)11(20-12)14(15,16)13(17)19-4-2/h5-8,11-12H,3-4H2,1-2H3/t11-,12?/m0/s1. The molecule has 1 aromatic rings. The van der Waals surface area contributed by atoms with Crippen molar-refractivity contribution < 1.29 is 27.8 Å². The highest BCUT2D eigenvalue weighted by Gasteiger charge is 2.55. The minimum absolute atomic E-state index is 0.113. The van der Waals surface area contributed by atoms with Crippen LogP contribution in [0.4, 0.5) is 8.78 Å². The Kier molecular flexibility index (Phi) is 4.35. The number of rotatable bonds is 5. The van der Waals surface area contributed by atoms with Crippen molar-refractivity contribution >= 4 is 5.97 Å². The second-order valence-corrected chi connectivity index (χ2v) is 4.28. The smallest absolute Gasteiger partial charge is 0.380 e. The third-order valence-corrected chi connectivity index (χ3v) is 2.99. The minimum atomic E-state index is -3.75. The van der Waals surface area contributed by atoms with Crippen LogP contribution >= 0.6 is 0 Å². The number of ether oxygens (including phenoxy) is 3. The van der Waals surface area contributed by atoms with Crippen LogP contribution in [-0.2, 0) is 19.0 Å². The summed E-state index contributed by atoms with van der Waals surface area (Å²) in [5.74, 6) is -5.34. The molecule has 110 valence electrons. The molecule has 0 aliphatic carbocycles. The largest absolute Gasteiger partial charge is 0.461 e. The lowest BCUT2D eigenvalue weighted by Gasteiger charge is -2.22. The first kappa shape index (κ1) is 14.9. The average Bonchev–Trinajstić information content (AvgIpc) is 2.79. The van der Waals surface area contributed by atoms with Crippen molar-refractivity contribution in [2.45, 2.75) is 32.2 Å². The van der Waals surface area contributed by atoms with E-state index in [1.165, 1.54) is 13.0 Å². The Morgan fingerprint density at radius 2 is 1.90 bits per heavy atom. The van der Waals surface area contributed by atoms with Crippen molar-refractivity contribution in [1.29, 1.82) is 0 Å². The van der Waals surface area contributed by atoms with Crippen molar-refractivity contribution in [2.75, 3.05) is 13.2 Å². The molecule has 6 heteroatoms. The maximum Gasteiger partial charge on any atom is 0.380 e. The van der Waals surface area contributed by atoms with Crippen molar-refractivity contribution in [3.63, 3.8) is 0 Å². The van der Waals surface area contributed by atoms with E-state index in [0.717, 1.165) is 0 Å². The molecule has 0 radical (unpaired) electrons. The van der Waals surface area contributed by atoms with Crippen LogP contribution < -0.4 is 0 Å². The highest BCUT2D eigenvalue weighted by molar-refractivity contribution is 5.79. The minimum Gasteiger partial charge on any atom is -0.461 e. The molecule has 0 saturated carbocycles. The van der Waals surface area contributed by atoms with Crippen LogP contribution in [-0.4, -0.2) is 25.1 Å². The topological polar surface area (TPSA) is 44.8 Å². The normalized spacial score (nSPS) is 21.6. The van der Waals surface area contributed by atoms with E-state index in [2.05, 4.69) is 4.74 Å². The van der Waals surface area contributed by atoms with E-state index in [0.29, 0.717) is 12.2 Å². The van der Waals surface area contributed by atoms with Gasteiger partial charge in [0.1, 0.15) is 0 Å². The van der Waals surface area contributed by atoms with Gasteiger partial charge in [-0.05, 0) is 19.4 Å². The molecule has 0 fully saturated rings. The molecule has 4 nitrogen and oxygen atoms in total. The Balaban J connectivity index is 2.32. The number of fused-ring (bicyclic) bond motifs is 1. The zero-order valence-electron chi connectivity index (χ0n) is 11.3. The fourth-order valence-corrected chi connectivity index (χ4v) is 2.13. The number of carbonyl (C=O) groups is 1. The van der Waals surface area contributed by atoms with Crippen LogP contribution in [0.5, 0.6) is 0 Å². The van der Waals surface area contributed by atoms with Crippen molar-refractivity contribution in [2.24, 2.45) is 0 Å². The van der Waals surface area contributed by atoms with E-state index in [-0.39, 0.29) is 12.2 Å². The van der Waals surface area contributed by atoms with Crippen LogP contribution in [0.2, 0.25) is 0 Å². The number of benzene rings is 1. The van der Waals surface area contributed by atoms with Gasteiger partial charge >= 0.3 is 11.9 Å². The Morgan fingerprint density at radius 3 is 2.50 bits per heavy atom. The molecule has 0 bridgehead atoms. The molecule has 1 aliphatic rings. The molecule has 20 heavy (non-hydrogen) atoms. The first-order valence-corrected chi connectivity index (χ1v) is 6.43. The van der Waals surface area contributed by atoms with E-state index >= 15 is 0 Å². The first-order valence-electron chi connectivity index (χ1n) is 6.43. The second kappa shape index (κ2) is 5.85. The third kappa shape index (κ3) is 2.53. The van der Waals surface area contributed by atoms with E-state index < -0.39 is 24.3 Å². The van der Waals surface area contributed by atoms with Gasteiger partial charge in [-0.1, -0.05) is 24.3 Å². The number of halogens is 2. The Bertz CT molecular complexity index is 490. The molecule has 2 atom stereocenters. The molecule has 0 aromatic heterocycles. The summed E-state index contributed by atoms with van der Waals surface area (Å²) in [6.07, 6.45) is -2.57. The van der Waals surface area contributed by atoms with Gasteiger partial charge in [0.25, 0.3) is 0 Å². The van der Waals surface area contributed by atoms with Gasteiger partial charge in [-0.15, -0.1) is 0 Å². The van der Waals surface area contributed by atoms with Crippen molar-refractivity contribution in [3.8, 4) is 0 Å². The highest BCUT2D eigenvalue weighted by Crippen LogP contribution is 2.47. The van der Waals surface area contributed by atoms with Gasteiger partial charge in [0, 0.05) is 12.2 Å². The molecule has 1 unspecified atom stereocenters.